The number of carbonyl (C=O) groups is 2. The highest BCUT2D eigenvalue weighted by Gasteiger charge is 2.52. The number of halogens is 1. The van der Waals surface area contributed by atoms with Crippen molar-refractivity contribution in [2.24, 2.45) is 17.8 Å². The van der Waals surface area contributed by atoms with E-state index in [0.717, 1.165) is 13.8 Å². The van der Waals surface area contributed by atoms with Crippen LogP contribution in [0.4, 0.5) is 4.39 Å². The first-order valence-corrected chi connectivity index (χ1v) is 10.3. The minimum absolute atomic E-state index is 0.0826. The van der Waals surface area contributed by atoms with Crippen LogP contribution in [0, 0.1) is 17.8 Å². The van der Waals surface area contributed by atoms with E-state index in [-0.39, 0.29) is 6.42 Å². The van der Waals surface area contributed by atoms with Crippen molar-refractivity contribution in [3.05, 3.63) is 0 Å². The molecular weight excluding hydrogens is 399 g/mol. The van der Waals surface area contributed by atoms with Gasteiger partial charge in [0, 0.05) is 18.3 Å². The normalized spacial score (nSPS) is 50.0. The Morgan fingerprint density at radius 2 is 1.50 bits per heavy atom. The van der Waals surface area contributed by atoms with Crippen LogP contribution in [0.15, 0.2) is 0 Å². The molecular formula is C21H37FO8. The molecule has 0 radical (unpaired) electrons. The molecule has 1 aliphatic heterocycles. The molecule has 0 aliphatic carbocycles. The second-order valence-electron chi connectivity index (χ2n) is 9.47. The molecule has 0 aromatic heterocycles. The summed E-state index contributed by atoms with van der Waals surface area (Å²) < 4.78 is 20.7. The Balaban J connectivity index is 3.52. The third kappa shape index (κ3) is 5.19. The molecule has 1 saturated heterocycles. The summed E-state index contributed by atoms with van der Waals surface area (Å²) in [5.41, 5.74) is -6.87. The van der Waals surface area contributed by atoms with Crippen molar-refractivity contribution < 1.29 is 44.2 Å². The van der Waals surface area contributed by atoms with Crippen molar-refractivity contribution in [1.82, 2.24) is 0 Å². The lowest BCUT2D eigenvalue weighted by Crippen LogP contribution is -2.59. The maximum atomic E-state index is 15.4. The van der Waals surface area contributed by atoms with Crippen LogP contribution in [0.5, 0.6) is 0 Å². The first-order chi connectivity index (χ1) is 13.4. The largest absolute Gasteiger partial charge is 0.459 e. The fraction of sp³-hybridized carbons (Fsp3) is 0.905. The van der Waals surface area contributed by atoms with Gasteiger partial charge >= 0.3 is 5.97 Å². The van der Waals surface area contributed by atoms with Gasteiger partial charge in [-0.25, -0.2) is 4.39 Å². The Morgan fingerprint density at radius 1 is 1.00 bits per heavy atom. The number of aliphatic hydroxyl groups is 5. The van der Waals surface area contributed by atoms with Gasteiger partial charge in [-0.2, -0.15) is 0 Å². The number of cyclic esters (lactones) is 1. The molecule has 1 heterocycles. The van der Waals surface area contributed by atoms with Gasteiger partial charge in [0.25, 0.3) is 0 Å². The summed E-state index contributed by atoms with van der Waals surface area (Å²) in [5.74, 6) is -5.58. The number of Topliss-reactive ketones (excluding diaryl/α,β-unsaturated/α-hetero) is 1. The summed E-state index contributed by atoms with van der Waals surface area (Å²) in [5, 5.41) is 53.4. The predicted molar refractivity (Wildman–Crippen MR) is 106 cm³/mol. The lowest BCUT2D eigenvalue weighted by molar-refractivity contribution is -0.198. The maximum absolute atomic E-state index is 15.4. The Bertz CT molecular complexity index is 632. The summed E-state index contributed by atoms with van der Waals surface area (Å²) in [6, 6.07) is 0. The second kappa shape index (κ2) is 9.16. The molecule has 1 rings (SSSR count). The average Bonchev–Trinajstić information content (AvgIpc) is 2.65. The third-order valence-corrected chi connectivity index (χ3v) is 6.53. The Kier molecular flexibility index (Phi) is 8.21. The standard InChI is InChI=1S/C21H37FO8/c1-8-13-21(7,29)17(26)12(4)15(24)19(5,22)9-20(6,28)16(25)10(2)14(23)11(3)18(27)30-13/h10-14,16-17,23,25-26,28-29H,8-9H2,1-7H3/t10-,11+,12-,13?,14-,16+,17+,19-,20+,21+/m0/s1. The van der Waals surface area contributed by atoms with Crippen LogP contribution in [0.1, 0.15) is 61.3 Å². The number of rotatable bonds is 1. The molecule has 0 amide bonds. The van der Waals surface area contributed by atoms with E-state index in [1.165, 1.54) is 27.7 Å². The van der Waals surface area contributed by atoms with Crippen LogP contribution >= 0.6 is 0 Å². The topological polar surface area (TPSA) is 145 Å². The highest BCUT2D eigenvalue weighted by molar-refractivity contribution is 5.89. The van der Waals surface area contributed by atoms with Crippen LogP contribution in [-0.2, 0) is 14.3 Å². The molecule has 0 saturated carbocycles. The van der Waals surface area contributed by atoms with E-state index in [9.17, 15) is 35.1 Å². The number of hydrogen-bond acceptors (Lipinski definition) is 8. The fourth-order valence-corrected chi connectivity index (χ4v) is 4.39. The Labute approximate surface area is 177 Å². The molecule has 10 atom stereocenters. The first kappa shape index (κ1) is 26.9. The van der Waals surface area contributed by atoms with Gasteiger partial charge < -0.3 is 30.3 Å². The van der Waals surface area contributed by atoms with Gasteiger partial charge in [-0.3, -0.25) is 9.59 Å². The van der Waals surface area contributed by atoms with Gasteiger partial charge in [-0.1, -0.05) is 20.8 Å². The van der Waals surface area contributed by atoms with E-state index in [0.29, 0.717) is 0 Å². The van der Waals surface area contributed by atoms with Crippen molar-refractivity contribution >= 4 is 11.8 Å². The minimum Gasteiger partial charge on any atom is -0.459 e. The summed E-state index contributed by atoms with van der Waals surface area (Å²) >= 11 is 0. The van der Waals surface area contributed by atoms with Crippen molar-refractivity contribution in [2.45, 2.75) is 103 Å². The van der Waals surface area contributed by atoms with Crippen molar-refractivity contribution in [3.8, 4) is 0 Å². The Morgan fingerprint density at radius 3 is 1.97 bits per heavy atom. The van der Waals surface area contributed by atoms with Crippen molar-refractivity contribution in [3.63, 3.8) is 0 Å². The molecule has 0 spiro atoms. The average molecular weight is 437 g/mol. The monoisotopic (exact) mass is 436 g/mol. The fourth-order valence-electron chi connectivity index (χ4n) is 4.39. The van der Waals surface area contributed by atoms with Crippen molar-refractivity contribution in [1.29, 1.82) is 0 Å². The maximum Gasteiger partial charge on any atom is 0.311 e. The molecule has 1 aliphatic rings. The smallest absolute Gasteiger partial charge is 0.311 e. The van der Waals surface area contributed by atoms with E-state index in [4.69, 9.17) is 4.74 Å². The van der Waals surface area contributed by atoms with E-state index in [1.807, 2.05) is 0 Å². The highest BCUT2D eigenvalue weighted by Crippen LogP contribution is 2.37. The van der Waals surface area contributed by atoms with Gasteiger partial charge in [0.1, 0.15) is 11.7 Å². The predicted octanol–water partition coefficient (Wildman–Crippen LogP) is 0.502. The number of ether oxygens (including phenoxy) is 1. The molecule has 9 heteroatoms. The van der Waals surface area contributed by atoms with E-state index < -0.39 is 77.2 Å². The number of aliphatic hydroxyl groups excluding tert-OH is 3. The van der Waals surface area contributed by atoms with Gasteiger partial charge in [-0.05, 0) is 34.1 Å². The Hall–Kier alpha value is -1.13. The van der Waals surface area contributed by atoms with Gasteiger partial charge in [-0.15, -0.1) is 0 Å². The summed E-state index contributed by atoms with van der Waals surface area (Å²) in [6.07, 6.45) is -6.88. The molecule has 5 N–H and O–H groups in total. The molecule has 0 bridgehead atoms. The number of esters is 1. The van der Waals surface area contributed by atoms with Gasteiger partial charge in [0.05, 0.1) is 29.8 Å². The molecule has 1 unspecified atom stereocenters. The third-order valence-electron chi connectivity index (χ3n) is 6.53. The summed E-state index contributed by atoms with van der Waals surface area (Å²) in [7, 11) is 0. The van der Waals surface area contributed by atoms with Crippen molar-refractivity contribution in [2.75, 3.05) is 0 Å². The quantitative estimate of drug-likeness (QED) is 0.374. The highest BCUT2D eigenvalue weighted by atomic mass is 19.1. The van der Waals surface area contributed by atoms with E-state index in [2.05, 4.69) is 0 Å². The zero-order valence-electron chi connectivity index (χ0n) is 18.8. The van der Waals surface area contributed by atoms with E-state index in [1.54, 1.807) is 6.92 Å². The molecule has 0 aromatic carbocycles. The van der Waals surface area contributed by atoms with Crippen LogP contribution < -0.4 is 0 Å². The molecule has 8 nitrogen and oxygen atoms in total. The summed E-state index contributed by atoms with van der Waals surface area (Å²) in [4.78, 5) is 25.4. The van der Waals surface area contributed by atoms with Gasteiger partial charge in [0.15, 0.2) is 11.5 Å². The lowest BCUT2D eigenvalue weighted by Gasteiger charge is -2.42. The molecule has 176 valence electrons. The van der Waals surface area contributed by atoms with Crippen LogP contribution in [0.3, 0.4) is 0 Å². The number of ketones is 1. The van der Waals surface area contributed by atoms with Crippen LogP contribution in [0.2, 0.25) is 0 Å². The van der Waals surface area contributed by atoms with Gasteiger partial charge in [0.2, 0.25) is 0 Å². The molecule has 1 fully saturated rings. The minimum atomic E-state index is -2.65. The zero-order chi connectivity index (χ0) is 23.8. The van der Waals surface area contributed by atoms with Crippen LogP contribution in [0.25, 0.3) is 0 Å². The zero-order valence-corrected chi connectivity index (χ0v) is 18.8. The van der Waals surface area contributed by atoms with E-state index >= 15 is 4.39 Å². The SMILES string of the molecule is CCC1OC(=O)[C@H](C)[C@@H](O)[C@H](C)[C@@H](O)[C@](C)(O)C[C@](C)(F)C(=O)[C@H](C)[C@@H](O)[C@]1(C)O. The molecule has 0 aromatic rings. The molecule has 30 heavy (non-hydrogen) atoms. The second-order valence-corrected chi connectivity index (χ2v) is 9.47. The first-order valence-electron chi connectivity index (χ1n) is 10.3. The lowest BCUT2D eigenvalue weighted by atomic mass is 9.73. The number of alkyl halides is 1. The number of hydrogen-bond donors (Lipinski definition) is 5. The van der Waals surface area contributed by atoms with Crippen LogP contribution in [-0.4, -0.2) is 78.6 Å². The number of carbonyl (C=O) groups excluding carboxylic acids is 2. The summed E-state index contributed by atoms with van der Waals surface area (Å²) in [6.45, 7) is 8.83.